The Morgan fingerprint density at radius 2 is 2.17 bits per heavy atom. The number of benzene rings is 1. The predicted octanol–water partition coefficient (Wildman–Crippen LogP) is 1.82. The monoisotopic (exact) mass is 249 g/mol. The number of nitro benzene ring substituents is 1. The van der Waals surface area contributed by atoms with Gasteiger partial charge in [-0.25, -0.2) is 0 Å². The average molecular weight is 249 g/mol. The Morgan fingerprint density at radius 1 is 1.44 bits per heavy atom. The number of hydrogen-bond donors (Lipinski definition) is 1. The van der Waals surface area contributed by atoms with E-state index in [-0.39, 0.29) is 17.7 Å². The molecule has 0 amide bonds. The second-order valence-electron chi connectivity index (χ2n) is 3.52. The van der Waals surface area contributed by atoms with Crippen LogP contribution >= 0.6 is 0 Å². The minimum Gasteiger partial charge on any atom is -0.481 e. The van der Waals surface area contributed by atoms with E-state index >= 15 is 0 Å². The van der Waals surface area contributed by atoms with Crippen LogP contribution in [0.15, 0.2) is 24.3 Å². The van der Waals surface area contributed by atoms with Crippen LogP contribution in [0.25, 0.3) is 6.08 Å². The van der Waals surface area contributed by atoms with E-state index in [1.54, 1.807) is 18.2 Å². The van der Waals surface area contributed by atoms with Crippen LogP contribution in [-0.2, 0) is 16.0 Å². The van der Waals surface area contributed by atoms with Crippen molar-refractivity contribution in [3.8, 4) is 0 Å². The zero-order chi connectivity index (χ0) is 13.5. The molecule has 18 heavy (non-hydrogen) atoms. The van der Waals surface area contributed by atoms with Crippen molar-refractivity contribution in [1.29, 1.82) is 0 Å². The molecule has 94 valence electrons. The highest BCUT2D eigenvalue weighted by Gasteiger charge is 2.16. The number of allylic oxidation sites excluding steroid dienone is 1. The molecule has 1 N–H and O–H groups in total. The van der Waals surface area contributed by atoms with Gasteiger partial charge in [-0.05, 0) is 5.56 Å². The molecule has 1 aromatic carbocycles. The summed E-state index contributed by atoms with van der Waals surface area (Å²) in [6.07, 6.45) is 3.69. The van der Waals surface area contributed by atoms with Crippen molar-refractivity contribution in [2.75, 3.05) is 0 Å². The fourth-order valence-electron chi connectivity index (χ4n) is 1.43. The molecule has 0 saturated heterocycles. The van der Waals surface area contributed by atoms with E-state index in [2.05, 4.69) is 0 Å². The van der Waals surface area contributed by atoms with E-state index in [1.165, 1.54) is 12.1 Å². The fourth-order valence-corrected chi connectivity index (χ4v) is 1.43. The van der Waals surface area contributed by atoms with E-state index in [0.29, 0.717) is 11.8 Å². The lowest BCUT2D eigenvalue weighted by atomic mass is 10.1. The van der Waals surface area contributed by atoms with Gasteiger partial charge in [-0.1, -0.05) is 24.3 Å². The number of carboxylic acids is 1. The van der Waals surface area contributed by atoms with Gasteiger partial charge in [-0.15, -0.1) is 0 Å². The Labute approximate surface area is 103 Å². The standard InChI is InChI=1S/C12H11NO5/c14-6-2-1-3-9-4-5-10(8-12(15)16)11(7-9)13(17)18/h1,3-7H,2,8H2,(H,15,16). The average Bonchev–Trinajstić information content (AvgIpc) is 2.30. The Morgan fingerprint density at radius 3 is 2.72 bits per heavy atom. The van der Waals surface area contributed by atoms with Crippen molar-refractivity contribution in [3.63, 3.8) is 0 Å². The molecule has 0 aliphatic heterocycles. The number of nitrogens with zero attached hydrogens (tertiary/aromatic N) is 1. The van der Waals surface area contributed by atoms with E-state index in [1.807, 2.05) is 0 Å². The molecule has 0 aliphatic rings. The molecule has 0 aromatic heterocycles. The molecule has 0 atom stereocenters. The molecule has 0 saturated carbocycles. The Hall–Kier alpha value is -2.50. The summed E-state index contributed by atoms with van der Waals surface area (Å²) in [5.74, 6) is -1.12. The minimum absolute atomic E-state index is 0.153. The van der Waals surface area contributed by atoms with Gasteiger partial charge in [0.15, 0.2) is 0 Å². The smallest absolute Gasteiger partial charge is 0.308 e. The van der Waals surface area contributed by atoms with Crippen molar-refractivity contribution >= 4 is 24.0 Å². The third-order valence-electron chi connectivity index (χ3n) is 2.19. The van der Waals surface area contributed by atoms with Crippen LogP contribution < -0.4 is 0 Å². The third-order valence-corrected chi connectivity index (χ3v) is 2.19. The third kappa shape index (κ3) is 3.82. The molecule has 1 aromatic rings. The Balaban J connectivity index is 3.06. The summed E-state index contributed by atoms with van der Waals surface area (Å²) in [5.41, 5.74) is 0.475. The number of carbonyl (C=O) groups excluding carboxylic acids is 1. The van der Waals surface area contributed by atoms with E-state index < -0.39 is 17.3 Å². The zero-order valence-corrected chi connectivity index (χ0v) is 9.41. The van der Waals surface area contributed by atoms with Crippen LogP contribution in [0.2, 0.25) is 0 Å². The van der Waals surface area contributed by atoms with Gasteiger partial charge in [-0.2, -0.15) is 0 Å². The lowest BCUT2D eigenvalue weighted by molar-refractivity contribution is -0.385. The number of hydrogen-bond acceptors (Lipinski definition) is 4. The molecule has 0 unspecified atom stereocenters. The lowest BCUT2D eigenvalue weighted by Gasteiger charge is -2.01. The molecule has 0 radical (unpaired) electrons. The van der Waals surface area contributed by atoms with E-state index in [0.717, 1.165) is 0 Å². The molecule has 0 heterocycles. The van der Waals surface area contributed by atoms with Crippen molar-refractivity contribution in [3.05, 3.63) is 45.5 Å². The van der Waals surface area contributed by atoms with Crippen LogP contribution in [0.4, 0.5) is 5.69 Å². The first-order chi connectivity index (χ1) is 8.54. The number of rotatable bonds is 6. The van der Waals surface area contributed by atoms with Gasteiger partial charge in [0.05, 0.1) is 11.3 Å². The van der Waals surface area contributed by atoms with Crippen molar-refractivity contribution in [1.82, 2.24) is 0 Å². The zero-order valence-electron chi connectivity index (χ0n) is 9.41. The highest BCUT2D eigenvalue weighted by atomic mass is 16.6. The van der Waals surface area contributed by atoms with Crippen LogP contribution in [0.1, 0.15) is 17.5 Å². The van der Waals surface area contributed by atoms with Crippen LogP contribution in [0.3, 0.4) is 0 Å². The lowest BCUT2D eigenvalue weighted by Crippen LogP contribution is -2.03. The topological polar surface area (TPSA) is 97.5 Å². The summed E-state index contributed by atoms with van der Waals surface area (Å²) in [5, 5.41) is 19.5. The number of nitro groups is 1. The predicted molar refractivity (Wildman–Crippen MR) is 64.2 cm³/mol. The molecule has 0 spiro atoms. The van der Waals surface area contributed by atoms with Gasteiger partial charge in [-0.3, -0.25) is 14.9 Å². The first kappa shape index (κ1) is 13.6. The van der Waals surface area contributed by atoms with Crippen LogP contribution in [0.5, 0.6) is 0 Å². The Bertz CT molecular complexity index is 507. The van der Waals surface area contributed by atoms with Gasteiger partial charge >= 0.3 is 5.97 Å². The van der Waals surface area contributed by atoms with Gasteiger partial charge in [0, 0.05) is 18.1 Å². The maximum Gasteiger partial charge on any atom is 0.308 e. The Kier molecular flexibility index (Phi) is 4.74. The maximum absolute atomic E-state index is 10.8. The molecule has 0 aliphatic carbocycles. The summed E-state index contributed by atoms with van der Waals surface area (Å²) < 4.78 is 0. The maximum atomic E-state index is 10.8. The normalized spacial score (nSPS) is 10.4. The SMILES string of the molecule is O=CCC=Cc1ccc(CC(=O)O)c([N+](=O)[O-])c1. The second kappa shape index (κ2) is 6.29. The molecule has 6 heteroatoms. The number of aliphatic carboxylic acids is 1. The van der Waals surface area contributed by atoms with Gasteiger partial charge in [0.25, 0.3) is 5.69 Å². The minimum atomic E-state index is -1.12. The van der Waals surface area contributed by atoms with Gasteiger partial charge in [0.2, 0.25) is 0 Å². The molecule has 1 rings (SSSR count). The van der Waals surface area contributed by atoms with Gasteiger partial charge < -0.3 is 9.90 Å². The molecular formula is C12H11NO5. The van der Waals surface area contributed by atoms with Crippen LogP contribution in [0, 0.1) is 10.1 Å². The quantitative estimate of drug-likeness (QED) is 0.471. The van der Waals surface area contributed by atoms with Gasteiger partial charge in [0.1, 0.15) is 6.29 Å². The highest BCUT2D eigenvalue weighted by molar-refractivity contribution is 5.72. The largest absolute Gasteiger partial charge is 0.481 e. The number of carboxylic acid groups (broad SMARTS) is 1. The molecule has 6 nitrogen and oxygen atoms in total. The van der Waals surface area contributed by atoms with Crippen molar-refractivity contribution in [2.45, 2.75) is 12.8 Å². The van der Waals surface area contributed by atoms with Crippen molar-refractivity contribution < 1.29 is 19.6 Å². The number of aldehydes is 1. The molecule has 0 fully saturated rings. The second-order valence-corrected chi connectivity index (χ2v) is 3.52. The van der Waals surface area contributed by atoms with Crippen molar-refractivity contribution in [2.24, 2.45) is 0 Å². The summed E-state index contributed by atoms with van der Waals surface area (Å²) in [7, 11) is 0. The van der Waals surface area contributed by atoms with E-state index in [4.69, 9.17) is 5.11 Å². The highest BCUT2D eigenvalue weighted by Crippen LogP contribution is 2.21. The first-order valence-electron chi connectivity index (χ1n) is 5.14. The summed E-state index contributed by atoms with van der Waals surface area (Å²) in [4.78, 5) is 30.9. The fraction of sp³-hybridized carbons (Fsp3) is 0.167. The first-order valence-corrected chi connectivity index (χ1v) is 5.14. The molecule has 0 bridgehead atoms. The summed E-state index contributed by atoms with van der Waals surface area (Å²) >= 11 is 0. The van der Waals surface area contributed by atoms with Crippen LogP contribution in [-0.4, -0.2) is 22.3 Å². The summed E-state index contributed by atoms with van der Waals surface area (Å²) in [6.45, 7) is 0. The number of carbonyl (C=O) groups is 2. The summed E-state index contributed by atoms with van der Waals surface area (Å²) in [6, 6.07) is 4.28. The molecular weight excluding hydrogens is 238 g/mol. The van der Waals surface area contributed by atoms with E-state index in [9.17, 15) is 19.7 Å².